The summed E-state index contributed by atoms with van der Waals surface area (Å²) in [5.41, 5.74) is 0. The van der Waals surface area contributed by atoms with Gasteiger partial charge in [-0.2, -0.15) is 0 Å². The smallest absolute Gasteiger partial charge is 0.260 e. The van der Waals surface area contributed by atoms with E-state index in [0.717, 1.165) is 10.8 Å². The van der Waals surface area contributed by atoms with Gasteiger partial charge in [0.15, 0.2) is 6.61 Å². The second-order valence-electron chi connectivity index (χ2n) is 5.42. The van der Waals surface area contributed by atoms with Crippen molar-refractivity contribution in [2.75, 3.05) is 34.3 Å². The van der Waals surface area contributed by atoms with E-state index in [1.165, 1.54) is 9.80 Å². The fraction of sp³-hybridized carbons (Fsp3) is 0.294. The van der Waals surface area contributed by atoms with Gasteiger partial charge < -0.3 is 14.5 Å². The zero-order valence-electron chi connectivity index (χ0n) is 13.4. The number of halogens is 1. The SMILES string of the molecule is CN(C)C(=O)CN(C)C(=O)COc1ccc(Cl)c2ccccc12. The van der Waals surface area contributed by atoms with E-state index < -0.39 is 0 Å². The molecule has 0 aliphatic rings. The maximum atomic E-state index is 12.1. The molecule has 0 heterocycles. The van der Waals surface area contributed by atoms with Crippen LogP contribution in [-0.2, 0) is 9.59 Å². The van der Waals surface area contributed by atoms with Crippen LogP contribution in [0.1, 0.15) is 0 Å². The quantitative estimate of drug-likeness (QED) is 0.843. The summed E-state index contributed by atoms with van der Waals surface area (Å²) >= 11 is 6.16. The summed E-state index contributed by atoms with van der Waals surface area (Å²) in [6.07, 6.45) is 0. The minimum Gasteiger partial charge on any atom is -0.483 e. The summed E-state index contributed by atoms with van der Waals surface area (Å²) in [4.78, 5) is 26.5. The summed E-state index contributed by atoms with van der Waals surface area (Å²) in [6.45, 7) is -0.112. The van der Waals surface area contributed by atoms with E-state index in [9.17, 15) is 9.59 Å². The lowest BCUT2D eigenvalue weighted by atomic mass is 10.1. The first-order chi connectivity index (χ1) is 10.9. The van der Waals surface area contributed by atoms with Crippen molar-refractivity contribution >= 4 is 34.2 Å². The number of carbonyl (C=O) groups excluding carboxylic acids is 2. The molecule has 0 fully saturated rings. The molecule has 0 aliphatic heterocycles. The van der Waals surface area contributed by atoms with Crippen LogP contribution >= 0.6 is 11.6 Å². The van der Waals surface area contributed by atoms with Crippen molar-refractivity contribution in [3.05, 3.63) is 41.4 Å². The summed E-state index contributed by atoms with van der Waals surface area (Å²) in [5.74, 6) is 0.183. The number of likely N-dealkylation sites (N-methyl/N-ethyl adjacent to an activating group) is 2. The molecule has 0 bridgehead atoms. The minimum absolute atomic E-state index is 0.0244. The molecular weight excluding hydrogens is 316 g/mol. The highest BCUT2D eigenvalue weighted by atomic mass is 35.5. The number of hydrogen-bond acceptors (Lipinski definition) is 3. The van der Waals surface area contributed by atoms with E-state index in [4.69, 9.17) is 16.3 Å². The standard InChI is InChI=1S/C17H19ClN2O3/c1-19(2)16(21)10-20(3)17(22)11-23-15-9-8-14(18)12-6-4-5-7-13(12)15/h4-9H,10-11H2,1-3H3. The number of ether oxygens (including phenoxy) is 1. The van der Waals surface area contributed by atoms with Crippen molar-refractivity contribution in [2.45, 2.75) is 0 Å². The van der Waals surface area contributed by atoms with Gasteiger partial charge in [-0.15, -0.1) is 0 Å². The van der Waals surface area contributed by atoms with Gasteiger partial charge in [0.05, 0.1) is 6.54 Å². The number of fused-ring (bicyclic) bond motifs is 1. The van der Waals surface area contributed by atoms with Gasteiger partial charge in [-0.1, -0.05) is 35.9 Å². The van der Waals surface area contributed by atoms with Crippen LogP contribution in [0.25, 0.3) is 10.8 Å². The second kappa shape index (κ2) is 7.33. The number of nitrogens with zero attached hydrogens (tertiary/aromatic N) is 2. The van der Waals surface area contributed by atoms with Crippen LogP contribution in [0.2, 0.25) is 5.02 Å². The van der Waals surface area contributed by atoms with Crippen molar-refractivity contribution in [3.63, 3.8) is 0 Å². The average Bonchev–Trinajstić information content (AvgIpc) is 2.54. The molecule has 2 amide bonds. The Morgan fingerprint density at radius 1 is 1.00 bits per heavy atom. The van der Waals surface area contributed by atoms with E-state index in [1.54, 1.807) is 33.3 Å². The maximum absolute atomic E-state index is 12.1. The molecule has 6 heteroatoms. The Bertz CT molecular complexity index is 731. The molecule has 0 aliphatic carbocycles. The summed E-state index contributed by atoms with van der Waals surface area (Å²) in [7, 11) is 4.88. The second-order valence-corrected chi connectivity index (χ2v) is 5.82. The molecule has 0 saturated heterocycles. The van der Waals surface area contributed by atoms with Gasteiger partial charge in [-0.05, 0) is 12.1 Å². The zero-order chi connectivity index (χ0) is 17.0. The highest BCUT2D eigenvalue weighted by Crippen LogP contribution is 2.31. The molecule has 0 unspecified atom stereocenters. The Labute approximate surface area is 140 Å². The largest absolute Gasteiger partial charge is 0.483 e. The molecule has 0 spiro atoms. The summed E-state index contributed by atoms with van der Waals surface area (Å²) < 4.78 is 5.62. The molecule has 0 radical (unpaired) electrons. The Morgan fingerprint density at radius 2 is 1.65 bits per heavy atom. The zero-order valence-corrected chi connectivity index (χ0v) is 14.1. The Balaban J connectivity index is 2.05. The molecule has 2 aromatic rings. The predicted molar refractivity (Wildman–Crippen MR) is 90.8 cm³/mol. The van der Waals surface area contributed by atoms with Crippen LogP contribution in [0, 0.1) is 0 Å². The third-order valence-corrected chi connectivity index (χ3v) is 3.81. The number of hydrogen-bond donors (Lipinski definition) is 0. The van der Waals surface area contributed by atoms with E-state index in [0.29, 0.717) is 10.8 Å². The Hall–Kier alpha value is -2.27. The molecule has 0 N–H and O–H groups in total. The van der Waals surface area contributed by atoms with E-state index >= 15 is 0 Å². The van der Waals surface area contributed by atoms with E-state index in [-0.39, 0.29) is 25.0 Å². The third kappa shape index (κ3) is 4.13. The summed E-state index contributed by atoms with van der Waals surface area (Å²) in [5, 5.41) is 2.35. The third-order valence-electron chi connectivity index (χ3n) is 3.48. The molecule has 0 saturated carbocycles. The van der Waals surface area contributed by atoms with Crippen LogP contribution in [0.4, 0.5) is 0 Å². The molecular formula is C17H19ClN2O3. The number of benzene rings is 2. The highest BCUT2D eigenvalue weighted by Gasteiger charge is 2.15. The first-order valence-electron chi connectivity index (χ1n) is 7.14. The molecule has 23 heavy (non-hydrogen) atoms. The number of rotatable bonds is 5. The van der Waals surface area contributed by atoms with Crippen LogP contribution in [0.15, 0.2) is 36.4 Å². The van der Waals surface area contributed by atoms with Gasteiger partial charge in [0.25, 0.3) is 5.91 Å². The van der Waals surface area contributed by atoms with Gasteiger partial charge >= 0.3 is 0 Å². The van der Waals surface area contributed by atoms with E-state index in [2.05, 4.69) is 0 Å². The normalized spacial score (nSPS) is 10.4. The van der Waals surface area contributed by atoms with Crippen molar-refractivity contribution in [1.82, 2.24) is 9.80 Å². The first kappa shape index (κ1) is 17.1. The fourth-order valence-corrected chi connectivity index (χ4v) is 2.27. The van der Waals surface area contributed by atoms with Crippen LogP contribution < -0.4 is 4.74 Å². The van der Waals surface area contributed by atoms with Gasteiger partial charge in [0.2, 0.25) is 5.91 Å². The van der Waals surface area contributed by atoms with Gasteiger partial charge in [0, 0.05) is 36.9 Å². The molecule has 0 atom stereocenters. The first-order valence-corrected chi connectivity index (χ1v) is 7.52. The van der Waals surface area contributed by atoms with Crippen molar-refractivity contribution in [3.8, 4) is 5.75 Å². The number of amides is 2. The molecule has 0 aromatic heterocycles. The van der Waals surface area contributed by atoms with Crippen LogP contribution in [0.5, 0.6) is 5.75 Å². The van der Waals surface area contributed by atoms with E-state index in [1.807, 2.05) is 24.3 Å². The van der Waals surface area contributed by atoms with Crippen molar-refractivity contribution in [2.24, 2.45) is 0 Å². The van der Waals surface area contributed by atoms with Crippen molar-refractivity contribution in [1.29, 1.82) is 0 Å². The predicted octanol–water partition coefficient (Wildman–Crippen LogP) is 2.42. The molecule has 2 aromatic carbocycles. The Morgan fingerprint density at radius 3 is 2.30 bits per heavy atom. The lowest BCUT2D eigenvalue weighted by molar-refractivity contribution is -0.139. The topological polar surface area (TPSA) is 49.9 Å². The molecule has 122 valence electrons. The highest BCUT2D eigenvalue weighted by molar-refractivity contribution is 6.35. The Kier molecular flexibility index (Phi) is 5.45. The number of carbonyl (C=O) groups is 2. The monoisotopic (exact) mass is 334 g/mol. The minimum atomic E-state index is -0.265. The van der Waals surface area contributed by atoms with Gasteiger partial charge in [0.1, 0.15) is 5.75 Å². The van der Waals surface area contributed by atoms with Gasteiger partial charge in [-0.3, -0.25) is 9.59 Å². The summed E-state index contributed by atoms with van der Waals surface area (Å²) in [6, 6.07) is 11.0. The average molecular weight is 335 g/mol. The van der Waals surface area contributed by atoms with Gasteiger partial charge in [-0.25, -0.2) is 0 Å². The molecule has 2 rings (SSSR count). The molecule has 5 nitrogen and oxygen atoms in total. The lowest BCUT2D eigenvalue weighted by Crippen LogP contribution is -2.39. The van der Waals surface area contributed by atoms with Crippen LogP contribution in [-0.4, -0.2) is 55.9 Å². The van der Waals surface area contributed by atoms with Crippen LogP contribution in [0.3, 0.4) is 0 Å². The fourth-order valence-electron chi connectivity index (χ4n) is 2.04. The van der Waals surface area contributed by atoms with Crippen molar-refractivity contribution < 1.29 is 14.3 Å². The lowest BCUT2D eigenvalue weighted by Gasteiger charge is -2.19. The maximum Gasteiger partial charge on any atom is 0.260 e.